The van der Waals surface area contributed by atoms with E-state index in [-0.39, 0.29) is 0 Å². The molecule has 0 amide bonds. The van der Waals surface area contributed by atoms with Crippen LogP contribution in [0.4, 0.5) is 0 Å². The first-order valence-corrected chi connectivity index (χ1v) is 6.24. The number of aryl methyl sites for hydroxylation is 1. The fourth-order valence-electron chi connectivity index (χ4n) is 1.42. The maximum Gasteiger partial charge on any atom is 0.153 e. The van der Waals surface area contributed by atoms with Crippen molar-refractivity contribution in [1.29, 1.82) is 0 Å². The zero-order valence-corrected chi connectivity index (χ0v) is 9.73. The van der Waals surface area contributed by atoms with Crippen LogP contribution in [0.2, 0.25) is 0 Å². The van der Waals surface area contributed by atoms with Gasteiger partial charge in [-0.3, -0.25) is 0 Å². The summed E-state index contributed by atoms with van der Waals surface area (Å²) in [7, 11) is 0. The summed E-state index contributed by atoms with van der Waals surface area (Å²) in [5.74, 6) is 0. The molecule has 0 spiro atoms. The lowest BCUT2D eigenvalue weighted by molar-refractivity contribution is 1.36. The monoisotopic (exact) mass is 232 g/mol. The largest absolute Gasteiger partial charge is 0.242 e. The first kappa shape index (κ1) is 9.00. The molecule has 0 aliphatic heterocycles. The fraction of sp³-hybridized carbons (Fsp3) is 0.0909. The molecule has 0 unspecified atom stereocenters. The van der Waals surface area contributed by atoms with E-state index in [1.54, 1.807) is 22.7 Å². The highest BCUT2D eigenvalue weighted by molar-refractivity contribution is 7.25. The molecule has 1 aromatic carbocycles. The second kappa shape index (κ2) is 3.40. The van der Waals surface area contributed by atoms with E-state index in [1.165, 1.54) is 9.58 Å². The summed E-state index contributed by atoms with van der Waals surface area (Å²) in [5.41, 5.74) is 1.06. The van der Waals surface area contributed by atoms with Crippen LogP contribution in [-0.2, 0) is 0 Å². The Kier molecular flexibility index (Phi) is 2.04. The van der Waals surface area contributed by atoms with Crippen LogP contribution < -0.4 is 0 Å². The lowest BCUT2D eigenvalue weighted by Crippen LogP contribution is -1.71. The van der Waals surface area contributed by atoms with E-state index < -0.39 is 0 Å². The molecule has 0 N–H and O–H groups in total. The second-order valence-electron chi connectivity index (χ2n) is 3.26. The molecule has 3 aromatic rings. The van der Waals surface area contributed by atoms with Crippen molar-refractivity contribution in [3.8, 4) is 10.0 Å². The minimum atomic E-state index is 1.02. The maximum absolute atomic E-state index is 4.56. The topological polar surface area (TPSA) is 25.8 Å². The molecule has 0 aliphatic carbocycles. The predicted molar refractivity (Wildman–Crippen MR) is 65.5 cm³/mol. The Labute approximate surface area is 95.3 Å². The van der Waals surface area contributed by atoms with Crippen LogP contribution >= 0.6 is 22.7 Å². The van der Waals surface area contributed by atoms with Gasteiger partial charge in [-0.15, -0.1) is 22.7 Å². The number of hydrogen-bond donors (Lipinski definition) is 0. The van der Waals surface area contributed by atoms with Gasteiger partial charge in [0.2, 0.25) is 0 Å². The van der Waals surface area contributed by atoms with Gasteiger partial charge in [0.15, 0.2) is 10.0 Å². The highest BCUT2D eigenvalue weighted by atomic mass is 32.1. The number of fused-ring (bicyclic) bond motifs is 1. The van der Waals surface area contributed by atoms with Crippen molar-refractivity contribution in [3.63, 3.8) is 0 Å². The second-order valence-corrected chi connectivity index (χ2v) is 5.53. The van der Waals surface area contributed by atoms with Gasteiger partial charge in [-0.1, -0.05) is 12.1 Å². The summed E-state index contributed by atoms with van der Waals surface area (Å²) in [6, 6.07) is 8.18. The van der Waals surface area contributed by atoms with Gasteiger partial charge in [-0.25, -0.2) is 9.97 Å². The zero-order chi connectivity index (χ0) is 10.3. The van der Waals surface area contributed by atoms with Crippen molar-refractivity contribution in [1.82, 2.24) is 9.97 Å². The Hall–Kier alpha value is -1.26. The quantitative estimate of drug-likeness (QED) is 0.639. The van der Waals surface area contributed by atoms with Crippen molar-refractivity contribution >= 4 is 32.9 Å². The fourth-order valence-corrected chi connectivity index (χ4v) is 3.17. The summed E-state index contributed by atoms with van der Waals surface area (Å²) >= 11 is 3.39. The molecule has 0 aliphatic rings. The Balaban J connectivity index is 2.19. The van der Waals surface area contributed by atoms with Gasteiger partial charge in [0.1, 0.15) is 0 Å². The van der Waals surface area contributed by atoms with Gasteiger partial charge in [0, 0.05) is 11.1 Å². The molecule has 74 valence electrons. The summed E-state index contributed by atoms with van der Waals surface area (Å²) in [5, 5.41) is 2.04. The van der Waals surface area contributed by atoms with Crippen LogP contribution in [0.5, 0.6) is 0 Å². The molecule has 0 bridgehead atoms. The molecule has 0 saturated carbocycles. The van der Waals surface area contributed by atoms with Gasteiger partial charge in [0.25, 0.3) is 0 Å². The molecule has 0 saturated heterocycles. The molecule has 0 radical (unpaired) electrons. The Morgan fingerprint density at radius 2 is 1.93 bits per heavy atom. The van der Waals surface area contributed by atoms with Gasteiger partial charge < -0.3 is 0 Å². The first-order valence-electron chi connectivity index (χ1n) is 4.61. The zero-order valence-electron chi connectivity index (χ0n) is 8.10. The summed E-state index contributed by atoms with van der Waals surface area (Å²) in [6.07, 6.45) is 1.89. The number of benzene rings is 1. The normalized spacial score (nSPS) is 11.0. The summed E-state index contributed by atoms with van der Waals surface area (Å²) < 4.78 is 1.22. The lowest BCUT2D eigenvalue weighted by Gasteiger charge is -1.83. The van der Waals surface area contributed by atoms with Crippen molar-refractivity contribution < 1.29 is 0 Å². The van der Waals surface area contributed by atoms with Gasteiger partial charge >= 0.3 is 0 Å². The molecular weight excluding hydrogens is 224 g/mol. The van der Waals surface area contributed by atoms with Gasteiger partial charge in [-0.05, 0) is 19.1 Å². The molecule has 0 atom stereocenters. The molecule has 15 heavy (non-hydrogen) atoms. The minimum Gasteiger partial charge on any atom is -0.242 e. The maximum atomic E-state index is 4.56. The number of thiazole rings is 2. The van der Waals surface area contributed by atoms with Crippen LogP contribution in [0.25, 0.3) is 20.2 Å². The predicted octanol–water partition coefficient (Wildman–Crippen LogP) is 3.73. The molecule has 2 heterocycles. The molecular formula is C11H8N2S2. The van der Waals surface area contributed by atoms with Crippen LogP contribution in [0.1, 0.15) is 4.88 Å². The SMILES string of the molecule is Cc1cnc(-c2nc3ccccc3s2)s1. The third-order valence-electron chi connectivity index (χ3n) is 2.10. The van der Waals surface area contributed by atoms with Crippen LogP contribution in [0.15, 0.2) is 30.5 Å². The standard InChI is InChI=1S/C11H8N2S2/c1-7-6-12-10(14-7)11-13-8-4-2-3-5-9(8)15-11/h2-6H,1H3. The summed E-state index contributed by atoms with van der Waals surface area (Å²) in [6.45, 7) is 2.06. The van der Waals surface area contributed by atoms with E-state index in [0.717, 1.165) is 15.5 Å². The molecule has 2 nitrogen and oxygen atoms in total. The van der Waals surface area contributed by atoms with E-state index in [9.17, 15) is 0 Å². The van der Waals surface area contributed by atoms with Crippen LogP contribution in [0.3, 0.4) is 0 Å². The first-order chi connectivity index (χ1) is 7.33. The molecule has 4 heteroatoms. The smallest absolute Gasteiger partial charge is 0.153 e. The number of rotatable bonds is 1. The summed E-state index contributed by atoms with van der Waals surface area (Å²) in [4.78, 5) is 10.1. The van der Waals surface area contributed by atoms with Crippen LogP contribution in [0, 0.1) is 6.92 Å². The Morgan fingerprint density at radius 1 is 1.07 bits per heavy atom. The van der Waals surface area contributed by atoms with E-state index in [4.69, 9.17) is 0 Å². The Morgan fingerprint density at radius 3 is 2.67 bits per heavy atom. The van der Waals surface area contributed by atoms with E-state index in [1.807, 2.05) is 24.4 Å². The average Bonchev–Trinajstić information content (AvgIpc) is 2.82. The van der Waals surface area contributed by atoms with E-state index in [0.29, 0.717) is 0 Å². The number of nitrogens with zero attached hydrogens (tertiary/aromatic N) is 2. The lowest BCUT2D eigenvalue weighted by atomic mass is 10.3. The number of hydrogen-bond acceptors (Lipinski definition) is 4. The van der Waals surface area contributed by atoms with Crippen molar-refractivity contribution in [3.05, 3.63) is 35.3 Å². The Bertz CT molecular complexity index is 577. The highest BCUT2D eigenvalue weighted by Gasteiger charge is 2.08. The van der Waals surface area contributed by atoms with Gasteiger partial charge in [-0.2, -0.15) is 0 Å². The van der Waals surface area contributed by atoms with E-state index >= 15 is 0 Å². The van der Waals surface area contributed by atoms with Crippen molar-refractivity contribution in [2.45, 2.75) is 6.92 Å². The third-order valence-corrected chi connectivity index (χ3v) is 4.19. The van der Waals surface area contributed by atoms with Crippen molar-refractivity contribution in [2.24, 2.45) is 0 Å². The minimum absolute atomic E-state index is 1.02. The van der Waals surface area contributed by atoms with E-state index in [2.05, 4.69) is 23.0 Å². The van der Waals surface area contributed by atoms with Crippen LogP contribution in [-0.4, -0.2) is 9.97 Å². The molecule has 2 aromatic heterocycles. The molecule has 3 rings (SSSR count). The van der Waals surface area contributed by atoms with Crippen molar-refractivity contribution in [2.75, 3.05) is 0 Å². The number of aromatic nitrogens is 2. The van der Waals surface area contributed by atoms with Gasteiger partial charge in [0.05, 0.1) is 10.2 Å². The molecule has 0 fully saturated rings. The number of para-hydroxylation sites is 1. The average molecular weight is 232 g/mol. The highest BCUT2D eigenvalue weighted by Crippen LogP contribution is 2.32. The third kappa shape index (κ3) is 1.56.